The number of pyridine rings is 3. The van der Waals surface area contributed by atoms with Gasteiger partial charge in [0.1, 0.15) is 17.3 Å². The Bertz CT molecular complexity index is 1350. The Kier molecular flexibility index (Phi) is 4.28. The first kappa shape index (κ1) is 18.1. The average molecular weight is 395 g/mol. The van der Waals surface area contributed by atoms with Crippen LogP contribution in [0.1, 0.15) is 5.56 Å². The molecule has 7 heteroatoms. The molecule has 30 heavy (non-hydrogen) atoms. The van der Waals surface area contributed by atoms with Gasteiger partial charge in [0.25, 0.3) is 0 Å². The number of hydrogen-bond acceptors (Lipinski definition) is 5. The molecule has 0 aliphatic carbocycles. The van der Waals surface area contributed by atoms with E-state index >= 15 is 0 Å². The van der Waals surface area contributed by atoms with E-state index in [1.807, 2.05) is 66.2 Å². The number of nitrogens with zero attached hydrogens (tertiary/aromatic N) is 6. The first-order valence-corrected chi connectivity index (χ1v) is 9.68. The molecular formula is C23H21N7. The van der Waals surface area contributed by atoms with Crippen molar-refractivity contribution in [1.82, 2.24) is 29.3 Å². The molecule has 0 fully saturated rings. The third-order valence-electron chi connectivity index (χ3n) is 5.01. The van der Waals surface area contributed by atoms with E-state index in [-0.39, 0.29) is 0 Å². The summed E-state index contributed by atoms with van der Waals surface area (Å²) in [6, 6.07) is 12.0. The topological polar surface area (TPSA) is 73.5 Å². The van der Waals surface area contributed by atoms with E-state index in [0.717, 1.165) is 45.1 Å². The van der Waals surface area contributed by atoms with Gasteiger partial charge in [-0.05, 0) is 48.9 Å². The van der Waals surface area contributed by atoms with E-state index < -0.39 is 0 Å². The molecule has 0 bridgehead atoms. The highest BCUT2D eigenvalue weighted by Crippen LogP contribution is 2.31. The molecule has 7 nitrogen and oxygen atoms in total. The van der Waals surface area contributed by atoms with Crippen LogP contribution in [0.5, 0.6) is 0 Å². The fourth-order valence-corrected chi connectivity index (χ4v) is 3.62. The monoisotopic (exact) mass is 395 g/mol. The molecule has 0 saturated heterocycles. The molecule has 5 heterocycles. The van der Waals surface area contributed by atoms with Gasteiger partial charge in [-0.3, -0.25) is 14.6 Å². The number of nitrogens with one attached hydrogen (secondary N) is 1. The van der Waals surface area contributed by atoms with Gasteiger partial charge in [-0.25, -0.2) is 4.98 Å². The molecule has 5 aromatic rings. The van der Waals surface area contributed by atoms with Gasteiger partial charge in [0.2, 0.25) is 0 Å². The fraction of sp³-hybridized carbons (Fsp3) is 0.130. The highest BCUT2D eigenvalue weighted by molar-refractivity contribution is 5.86. The largest absolute Gasteiger partial charge is 0.337 e. The lowest BCUT2D eigenvalue weighted by Gasteiger charge is -2.08. The molecule has 0 amide bonds. The molecule has 0 saturated carbocycles. The zero-order valence-electron chi connectivity index (χ0n) is 17.0. The standard InChI is InChI=1S/C23H21N7/c1-15-9-22(29(2)13-15)27-21-7-6-19-20(26-21)10-17(12-25-19)18-14-30(3)28-23(18)16-5-4-8-24-11-16/h4-14H,1-3H3,(H,26,27). The summed E-state index contributed by atoms with van der Waals surface area (Å²) in [5.41, 5.74) is 6.68. The molecule has 0 aliphatic rings. The van der Waals surface area contributed by atoms with Gasteiger partial charge in [-0.2, -0.15) is 5.10 Å². The minimum atomic E-state index is 0.779. The molecule has 0 radical (unpaired) electrons. The summed E-state index contributed by atoms with van der Waals surface area (Å²) in [6.45, 7) is 2.07. The Morgan fingerprint density at radius 2 is 1.83 bits per heavy atom. The van der Waals surface area contributed by atoms with Crippen molar-refractivity contribution in [1.29, 1.82) is 0 Å². The molecule has 0 aromatic carbocycles. The molecule has 148 valence electrons. The molecule has 0 spiro atoms. The predicted octanol–water partition coefficient (Wildman–Crippen LogP) is 4.48. The van der Waals surface area contributed by atoms with E-state index in [2.05, 4.69) is 45.6 Å². The number of aryl methyl sites for hydroxylation is 3. The van der Waals surface area contributed by atoms with E-state index in [1.54, 1.807) is 6.20 Å². The minimum absolute atomic E-state index is 0.779. The molecule has 5 aromatic heterocycles. The first-order valence-electron chi connectivity index (χ1n) is 9.68. The second kappa shape index (κ2) is 7.11. The summed E-state index contributed by atoms with van der Waals surface area (Å²) in [5.74, 6) is 1.77. The van der Waals surface area contributed by atoms with Crippen LogP contribution in [-0.2, 0) is 14.1 Å². The van der Waals surface area contributed by atoms with Gasteiger partial charge in [0.05, 0.1) is 11.0 Å². The van der Waals surface area contributed by atoms with Crippen molar-refractivity contribution in [3.05, 3.63) is 72.9 Å². The van der Waals surface area contributed by atoms with E-state index in [1.165, 1.54) is 5.56 Å². The third-order valence-corrected chi connectivity index (χ3v) is 5.01. The Morgan fingerprint density at radius 1 is 0.933 bits per heavy atom. The van der Waals surface area contributed by atoms with Crippen LogP contribution in [0, 0.1) is 6.92 Å². The summed E-state index contributed by atoms with van der Waals surface area (Å²) in [4.78, 5) is 13.6. The quantitative estimate of drug-likeness (QED) is 0.486. The van der Waals surface area contributed by atoms with Crippen LogP contribution in [0.2, 0.25) is 0 Å². The molecule has 0 aliphatic heterocycles. The van der Waals surface area contributed by atoms with Crippen LogP contribution in [-0.4, -0.2) is 29.3 Å². The maximum atomic E-state index is 4.79. The van der Waals surface area contributed by atoms with Crippen molar-refractivity contribution in [3.8, 4) is 22.4 Å². The number of hydrogen-bond donors (Lipinski definition) is 1. The lowest BCUT2D eigenvalue weighted by Crippen LogP contribution is -1.99. The maximum Gasteiger partial charge on any atom is 0.132 e. The van der Waals surface area contributed by atoms with Crippen LogP contribution in [0.25, 0.3) is 33.4 Å². The summed E-state index contributed by atoms with van der Waals surface area (Å²) in [6.07, 6.45) is 9.53. The first-order chi connectivity index (χ1) is 14.6. The van der Waals surface area contributed by atoms with Crippen molar-refractivity contribution in [2.45, 2.75) is 6.92 Å². The fourth-order valence-electron chi connectivity index (χ4n) is 3.62. The summed E-state index contributed by atoms with van der Waals surface area (Å²) >= 11 is 0. The zero-order chi connectivity index (χ0) is 20.7. The summed E-state index contributed by atoms with van der Waals surface area (Å²) in [5, 5.41) is 8.02. The van der Waals surface area contributed by atoms with Gasteiger partial charge in [-0.15, -0.1) is 0 Å². The molecular weight excluding hydrogens is 374 g/mol. The SMILES string of the molecule is Cc1cc(Nc2ccc3ncc(-c4cn(C)nc4-c4cccnc4)cc3n2)n(C)c1. The van der Waals surface area contributed by atoms with Gasteiger partial charge in [0.15, 0.2) is 0 Å². The lowest BCUT2D eigenvalue weighted by atomic mass is 10.0. The van der Waals surface area contributed by atoms with Gasteiger partial charge in [0, 0.05) is 61.8 Å². The Morgan fingerprint density at radius 3 is 2.60 bits per heavy atom. The molecule has 0 unspecified atom stereocenters. The van der Waals surface area contributed by atoms with Crippen LogP contribution in [0.4, 0.5) is 11.6 Å². The minimum Gasteiger partial charge on any atom is -0.337 e. The summed E-state index contributed by atoms with van der Waals surface area (Å²) < 4.78 is 3.86. The van der Waals surface area contributed by atoms with Crippen LogP contribution >= 0.6 is 0 Å². The maximum absolute atomic E-state index is 4.79. The van der Waals surface area contributed by atoms with E-state index in [9.17, 15) is 0 Å². The Labute approximate surface area is 174 Å². The number of aromatic nitrogens is 6. The Hall–Kier alpha value is -4.00. The van der Waals surface area contributed by atoms with Crippen molar-refractivity contribution in [2.75, 3.05) is 5.32 Å². The van der Waals surface area contributed by atoms with E-state index in [0.29, 0.717) is 0 Å². The normalized spacial score (nSPS) is 11.2. The second-order valence-electron chi connectivity index (χ2n) is 7.40. The molecule has 0 atom stereocenters. The second-order valence-corrected chi connectivity index (χ2v) is 7.40. The van der Waals surface area contributed by atoms with Crippen molar-refractivity contribution < 1.29 is 0 Å². The van der Waals surface area contributed by atoms with E-state index in [4.69, 9.17) is 4.98 Å². The third kappa shape index (κ3) is 3.30. The zero-order valence-corrected chi connectivity index (χ0v) is 17.0. The molecule has 1 N–H and O–H groups in total. The van der Waals surface area contributed by atoms with Crippen molar-refractivity contribution >= 4 is 22.7 Å². The lowest BCUT2D eigenvalue weighted by molar-refractivity contribution is 0.771. The van der Waals surface area contributed by atoms with Crippen molar-refractivity contribution in [3.63, 3.8) is 0 Å². The van der Waals surface area contributed by atoms with Crippen LogP contribution < -0.4 is 5.32 Å². The van der Waals surface area contributed by atoms with Crippen molar-refractivity contribution in [2.24, 2.45) is 14.1 Å². The predicted molar refractivity (Wildman–Crippen MR) is 118 cm³/mol. The highest BCUT2D eigenvalue weighted by Gasteiger charge is 2.14. The average Bonchev–Trinajstić information content (AvgIpc) is 3.29. The van der Waals surface area contributed by atoms with Crippen LogP contribution in [0.15, 0.2) is 67.4 Å². The number of rotatable bonds is 4. The van der Waals surface area contributed by atoms with Gasteiger partial charge in [-0.1, -0.05) is 0 Å². The Balaban J connectivity index is 1.56. The number of fused-ring (bicyclic) bond motifs is 1. The highest BCUT2D eigenvalue weighted by atomic mass is 15.3. The van der Waals surface area contributed by atoms with Gasteiger partial charge < -0.3 is 9.88 Å². The number of anilines is 2. The van der Waals surface area contributed by atoms with Gasteiger partial charge >= 0.3 is 0 Å². The summed E-state index contributed by atoms with van der Waals surface area (Å²) in [7, 11) is 3.93. The molecule has 5 rings (SSSR count). The van der Waals surface area contributed by atoms with Crippen LogP contribution in [0.3, 0.4) is 0 Å². The smallest absolute Gasteiger partial charge is 0.132 e.